The van der Waals surface area contributed by atoms with Crippen molar-refractivity contribution in [2.24, 2.45) is 11.7 Å². The van der Waals surface area contributed by atoms with Crippen LogP contribution in [0.5, 0.6) is 0 Å². The zero-order valence-corrected chi connectivity index (χ0v) is 12.5. The zero-order valence-electron chi connectivity index (χ0n) is 10.1. The molecule has 0 radical (unpaired) electrons. The Morgan fingerprint density at radius 3 is 2.53 bits per heavy atom. The van der Waals surface area contributed by atoms with Crippen LogP contribution in [0.25, 0.3) is 0 Å². The van der Waals surface area contributed by atoms with Crippen molar-refractivity contribution in [3.63, 3.8) is 0 Å². The summed E-state index contributed by atoms with van der Waals surface area (Å²) in [5.74, 6) is -0.429. The van der Waals surface area contributed by atoms with Crippen molar-refractivity contribution in [1.82, 2.24) is 4.98 Å². The highest BCUT2D eigenvalue weighted by molar-refractivity contribution is 6.32. The van der Waals surface area contributed by atoms with E-state index < -0.39 is 0 Å². The number of hydrogen-bond donors (Lipinski definition) is 1. The number of halogens is 3. The molecule has 0 bridgehead atoms. The van der Waals surface area contributed by atoms with Gasteiger partial charge in [-0.3, -0.25) is 4.79 Å². The molecule has 0 spiro atoms. The molecular formula is C12H15Cl3N2O2. The van der Waals surface area contributed by atoms with Gasteiger partial charge in [-0.15, -0.1) is 12.4 Å². The number of hydrogen-bond acceptors (Lipinski definition) is 4. The quantitative estimate of drug-likeness (QED) is 0.685. The molecule has 1 saturated carbocycles. The van der Waals surface area contributed by atoms with Crippen molar-refractivity contribution in [1.29, 1.82) is 0 Å². The molecule has 0 aromatic carbocycles. The zero-order chi connectivity index (χ0) is 13.1. The van der Waals surface area contributed by atoms with Crippen LogP contribution in [0.1, 0.15) is 24.8 Å². The van der Waals surface area contributed by atoms with Crippen LogP contribution >= 0.6 is 35.6 Å². The SMILES string of the molecule is Cl.N[C@@H]1CCC[C@H]1C(=O)OCc1cc(Cl)nc(Cl)c1. The van der Waals surface area contributed by atoms with E-state index in [1.54, 1.807) is 12.1 Å². The standard InChI is InChI=1S/C12H14Cl2N2O2.ClH/c13-10-4-7(5-11(14)16-10)6-18-12(17)8-2-1-3-9(8)15;/h4-5,8-9H,1-3,6,15H2;1H/t8-,9-;/m1./s1. The Balaban J connectivity index is 0.00000180. The van der Waals surface area contributed by atoms with Crippen LogP contribution in [0.4, 0.5) is 0 Å². The van der Waals surface area contributed by atoms with Gasteiger partial charge < -0.3 is 10.5 Å². The highest BCUT2D eigenvalue weighted by Crippen LogP contribution is 2.25. The van der Waals surface area contributed by atoms with Gasteiger partial charge in [0.05, 0.1) is 5.92 Å². The van der Waals surface area contributed by atoms with Gasteiger partial charge >= 0.3 is 5.97 Å². The second-order valence-electron chi connectivity index (χ2n) is 4.43. The predicted octanol–water partition coefficient (Wildman–Crippen LogP) is 2.98. The van der Waals surface area contributed by atoms with Gasteiger partial charge in [-0.2, -0.15) is 0 Å². The molecule has 2 atom stereocenters. The van der Waals surface area contributed by atoms with Crippen molar-refractivity contribution < 1.29 is 9.53 Å². The van der Waals surface area contributed by atoms with Gasteiger partial charge in [-0.1, -0.05) is 29.6 Å². The third-order valence-electron chi connectivity index (χ3n) is 3.08. The fourth-order valence-electron chi connectivity index (χ4n) is 2.14. The number of ether oxygens (including phenoxy) is 1. The minimum Gasteiger partial charge on any atom is -0.461 e. The van der Waals surface area contributed by atoms with Crippen molar-refractivity contribution in [2.75, 3.05) is 0 Å². The summed E-state index contributed by atoms with van der Waals surface area (Å²) < 4.78 is 5.23. The smallest absolute Gasteiger partial charge is 0.310 e. The lowest BCUT2D eigenvalue weighted by Gasteiger charge is -2.14. The Labute approximate surface area is 128 Å². The van der Waals surface area contributed by atoms with Crippen molar-refractivity contribution in [3.05, 3.63) is 28.0 Å². The highest BCUT2D eigenvalue weighted by Gasteiger charge is 2.31. The molecule has 7 heteroatoms. The monoisotopic (exact) mass is 324 g/mol. The lowest BCUT2D eigenvalue weighted by molar-refractivity contribution is -0.150. The maximum atomic E-state index is 11.8. The summed E-state index contributed by atoms with van der Waals surface area (Å²) >= 11 is 11.5. The number of esters is 1. The molecular weight excluding hydrogens is 311 g/mol. The van der Waals surface area contributed by atoms with Gasteiger partial charge in [0.1, 0.15) is 16.9 Å². The topological polar surface area (TPSA) is 65.2 Å². The summed E-state index contributed by atoms with van der Waals surface area (Å²) in [6.07, 6.45) is 2.67. The van der Waals surface area contributed by atoms with Crippen molar-refractivity contribution in [3.8, 4) is 0 Å². The summed E-state index contributed by atoms with van der Waals surface area (Å²) in [6.45, 7) is 0.143. The average molecular weight is 326 g/mol. The van der Waals surface area contributed by atoms with Gasteiger partial charge in [0, 0.05) is 6.04 Å². The van der Waals surface area contributed by atoms with Crippen LogP contribution in [-0.2, 0) is 16.1 Å². The molecule has 0 aliphatic heterocycles. The molecule has 1 aliphatic rings. The van der Waals surface area contributed by atoms with Gasteiger partial charge in [-0.25, -0.2) is 4.98 Å². The molecule has 1 fully saturated rings. The second kappa shape index (κ2) is 7.29. The van der Waals surface area contributed by atoms with Gasteiger partial charge in [0.15, 0.2) is 0 Å². The molecule has 0 amide bonds. The second-order valence-corrected chi connectivity index (χ2v) is 5.20. The highest BCUT2D eigenvalue weighted by atomic mass is 35.5. The van der Waals surface area contributed by atoms with E-state index in [4.69, 9.17) is 33.7 Å². The van der Waals surface area contributed by atoms with Crippen LogP contribution in [0.15, 0.2) is 12.1 Å². The van der Waals surface area contributed by atoms with E-state index in [9.17, 15) is 4.79 Å². The molecule has 0 unspecified atom stereocenters. The first kappa shape index (κ1) is 16.5. The third-order valence-corrected chi connectivity index (χ3v) is 3.46. The summed E-state index contributed by atoms with van der Waals surface area (Å²) in [5, 5.41) is 0.567. The molecule has 106 valence electrons. The first-order chi connectivity index (χ1) is 8.56. The van der Waals surface area contributed by atoms with Gasteiger partial charge in [-0.05, 0) is 30.5 Å². The van der Waals surface area contributed by atoms with Crippen LogP contribution in [0.2, 0.25) is 10.3 Å². The third kappa shape index (κ3) is 4.49. The Morgan fingerprint density at radius 2 is 2.00 bits per heavy atom. The Bertz CT molecular complexity index is 436. The minimum absolute atomic E-state index is 0. The van der Waals surface area contributed by atoms with Crippen LogP contribution in [0, 0.1) is 5.92 Å². The van der Waals surface area contributed by atoms with Crippen molar-refractivity contribution >= 4 is 41.6 Å². The normalized spacial score (nSPS) is 21.8. The fourth-order valence-corrected chi connectivity index (χ4v) is 2.65. The Morgan fingerprint density at radius 1 is 1.37 bits per heavy atom. The molecule has 2 rings (SSSR count). The van der Waals surface area contributed by atoms with Crippen LogP contribution < -0.4 is 5.73 Å². The number of aromatic nitrogens is 1. The first-order valence-corrected chi connectivity index (χ1v) is 6.56. The molecule has 0 saturated heterocycles. The molecule has 1 heterocycles. The first-order valence-electron chi connectivity index (χ1n) is 5.80. The molecule has 1 aliphatic carbocycles. The number of pyridine rings is 1. The van der Waals surface area contributed by atoms with Gasteiger partial charge in [0.2, 0.25) is 0 Å². The van der Waals surface area contributed by atoms with Crippen LogP contribution in [-0.4, -0.2) is 17.0 Å². The van der Waals surface area contributed by atoms with Crippen LogP contribution in [0.3, 0.4) is 0 Å². The summed E-state index contributed by atoms with van der Waals surface area (Å²) in [5.41, 5.74) is 6.57. The van der Waals surface area contributed by atoms with E-state index in [-0.39, 0.29) is 47.2 Å². The average Bonchev–Trinajstić information content (AvgIpc) is 2.71. The lowest BCUT2D eigenvalue weighted by Crippen LogP contribution is -2.31. The summed E-state index contributed by atoms with van der Waals surface area (Å²) in [4.78, 5) is 15.6. The van der Waals surface area contributed by atoms with Gasteiger partial charge in [0.25, 0.3) is 0 Å². The van der Waals surface area contributed by atoms with E-state index in [2.05, 4.69) is 4.98 Å². The maximum absolute atomic E-state index is 11.8. The van der Waals surface area contributed by atoms with E-state index in [1.807, 2.05) is 0 Å². The largest absolute Gasteiger partial charge is 0.461 e. The number of carbonyl (C=O) groups excluding carboxylic acids is 1. The number of nitrogens with two attached hydrogens (primary N) is 1. The minimum atomic E-state index is -0.246. The number of carbonyl (C=O) groups is 1. The molecule has 1 aromatic heterocycles. The van der Waals surface area contributed by atoms with E-state index in [0.29, 0.717) is 0 Å². The van der Waals surface area contributed by atoms with E-state index in [0.717, 1.165) is 24.8 Å². The molecule has 2 N–H and O–H groups in total. The number of rotatable bonds is 3. The van der Waals surface area contributed by atoms with E-state index >= 15 is 0 Å². The molecule has 4 nitrogen and oxygen atoms in total. The Kier molecular flexibility index (Phi) is 6.33. The van der Waals surface area contributed by atoms with E-state index in [1.165, 1.54) is 0 Å². The van der Waals surface area contributed by atoms with Crippen molar-refractivity contribution in [2.45, 2.75) is 31.9 Å². The molecule has 19 heavy (non-hydrogen) atoms. The Hall–Kier alpha value is -0.550. The number of nitrogens with zero attached hydrogens (tertiary/aromatic N) is 1. The molecule has 1 aromatic rings. The predicted molar refractivity (Wildman–Crippen MR) is 76.6 cm³/mol. The fraction of sp³-hybridized carbons (Fsp3) is 0.500. The summed E-state index contributed by atoms with van der Waals surface area (Å²) in [7, 11) is 0. The lowest BCUT2D eigenvalue weighted by atomic mass is 10.1. The maximum Gasteiger partial charge on any atom is 0.310 e. The summed E-state index contributed by atoms with van der Waals surface area (Å²) in [6, 6.07) is 3.16.